The van der Waals surface area contributed by atoms with Crippen LogP contribution in [0.3, 0.4) is 0 Å². The molecular weight excluding hydrogens is 488 g/mol. The van der Waals surface area contributed by atoms with Crippen LogP contribution in [0.15, 0.2) is 74.2 Å². The lowest BCUT2D eigenvalue weighted by atomic mass is 10.0. The van der Waals surface area contributed by atoms with Crippen molar-refractivity contribution in [2.75, 3.05) is 51.0 Å². The number of anilines is 1. The number of hydrogen-bond acceptors (Lipinski definition) is 7. The van der Waals surface area contributed by atoms with Gasteiger partial charge in [0, 0.05) is 31.7 Å². The number of morpholine rings is 1. The average molecular weight is 517 g/mol. The molecule has 7 nitrogen and oxygen atoms in total. The molecule has 3 aromatic rings. The number of ether oxygens (including phenoxy) is 1. The summed E-state index contributed by atoms with van der Waals surface area (Å²) in [7, 11) is -4.05. The normalized spacial score (nSPS) is 15.4. The lowest BCUT2D eigenvalue weighted by Gasteiger charge is -2.27. The summed E-state index contributed by atoms with van der Waals surface area (Å²) in [6.45, 7) is 4.54. The molecule has 1 aromatic heterocycles. The van der Waals surface area contributed by atoms with E-state index in [1.165, 1.54) is 11.3 Å². The summed E-state index contributed by atoms with van der Waals surface area (Å²) < 4.78 is 37.3. The van der Waals surface area contributed by atoms with Crippen LogP contribution < -0.4 is 11.1 Å². The molecule has 1 aliphatic heterocycles. The number of amidine groups is 1. The highest BCUT2D eigenvalue weighted by Crippen LogP contribution is 2.35. The molecule has 0 spiro atoms. The summed E-state index contributed by atoms with van der Waals surface area (Å²) in [4.78, 5) is 3.04. The highest BCUT2D eigenvalue weighted by Gasteiger charge is 2.22. The zero-order chi connectivity index (χ0) is 24.0. The molecule has 0 bridgehead atoms. The first-order chi connectivity index (χ1) is 16.5. The second-order valence-electron chi connectivity index (χ2n) is 7.70. The van der Waals surface area contributed by atoms with Gasteiger partial charge >= 0.3 is 0 Å². The molecule has 180 valence electrons. The standard InChI is InChI=1S/C24H28N4O3S3/c1-32-22-11-10-20(33-22)24(25)27-34(29,30)21-9-5-8-19(18-6-3-2-4-7-18)23(21)26-12-13-28-14-16-31-17-15-28/h2-11,26H,12-17H2,1H3,(H2,25,27). The van der Waals surface area contributed by atoms with Gasteiger partial charge in [0.15, 0.2) is 5.84 Å². The van der Waals surface area contributed by atoms with E-state index in [1.807, 2.05) is 48.7 Å². The van der Waals surface area contributed by atoms with Crippen LogP contribution in [-0.2, 0) is 14.8 Å². The van der Waals surface area contributed by atoms with Crippen LogP contribution in [0.2, 0.25) is 0 Å². The van der Waals surface area contributed by atoms with E-state index in [1.54, 1.807) is 30.0 Å². The third-order valence-corrected chi connectivity index (χ3v) is 9.00. The maximum atomic E-state index is 13.4. The first kappa shape index (κ1) is 24.7. The minimum absolute atomic E-state index is 0.00493. The second-order valence-corrected chi connectivity index (χ2v) is 11.5. The Morgan fingerprint density at radius 3 is 2.59 bits per heavy atom. The number of thiophene rings is 1. The molecule has 0 radical (unpaired) electrons. The number of hydrogen-bond donors (Lipinski definition) is 2. The Balaban J connectivity index is 1.68. The fourth-order valence-corrected chi connectivity index (χ4v) is 6.39. The highest BCUT2D eigenvalue weighted by atomic mass is 32.2. The van der Waals surface area contributed by atoms with Gasteiger partial charge < -0.3 is 15.8 Å². The fourth-order valence-electron chi connectivity index (χ4n) is 3.74. The van der Waals surface area contributed by atoms with Crippen molar-refractivity contribution in [1.29, 1.82) is 0 Å². The van der Waals surface area contributed by atoms with Crippen molar-refractivity contribution in [3.05, 3.63) is 65.5 Å². The van der Waals surface area contributed by atoms with E-state index in [0.717, 1.165) is 48.2 Å². The van der Waals surface area contributed by atoms with Gasteiger partial charge in [-0.2, -0.15) is 8.42 Å². The summed E-state index contributed by atoms with van der Waals surface area (Å²) in [5.74, 6) is -0.00493. The van der Waals surface area contributed by atoms with E-state index in [9.17, 15) is 8.42 Å². The molecule has 0 aliphatic carbocycles. The molecule has 1 fully saturated rings. The zero-order valence-corrected chi connectivity index (χ0v) is 21.4. The minimum Gasteiger partial charge on any atom is -0.382 e. The molecule has 10 heteroatoms. The number of sulfonamides is 1. The summed E-state index contributed by atoms with van der Waals surface area (Å²) in [5, 5.41) is 3.39. The molecule has 0 unspecified atom stereocenters. The Morgan fingerprint density at radius 1 is 1.12 bits per heavy atom. The zero-order valence-electron chi connectivity index (χ0n) is 18.9. The molecule has 0 amide bonds. The Labute approximate surface area is 209 Å². The average Bonchev–Trinajstić information content (AvgIpc) is 3.35. The predicted octanol–water partition coefficient (Wildman–Crippen LogP) is 3.98. The third-order valence-electron chi connectivity index (χ3n) is 5.48. The molecule has 1 aliphatic rings. The van der Waals surface area contributed by atoms with E-state index in [4.69, 9.17) is 10.5 Å². The van der Waals surface area contributed by atoms with Gasteiger partial charge in [-0.1, -0.05) is 42.5 Å². The van der Waals surface area contributed by atoms with Crippen molar-refractivity contribution in [2.45, 2.75) is 9.10 Å². The molecule has 2 heterocycles. The number of rotatable bonds is 9. The van der Waals surface area contributed by atoms with Crippen LogP contribution in [0.4, 0.5) is 5.69 Å². The maximum Gasteiger partial charge on any atom is 0.286 e. The van der Waals surface area contributed by atoms with Crippen LogP contribution in [0.25, 0.3) is 11.1 Å². The van der Waals surface area contributed by atoms with E-state index < -0.39 is 10.0 Å². The van der Waals surface area contributed by atoms with E-state index in [2.05, 4.69) is 14.6 Å². The van der Waals surface area contributed by atoms with Crippen molar-refractivity contribution in [3.8, 4) is 11.1 Å². The fraction of sp³-hybridized carbons (Fsp3) is 0.292. The highest BCUT2D eigenvalue weighted by molar-refractivity contribution is 8.00. The third kappa shape index (κ3) is 6.00. The topological polar surface area (TPSA) is 97.0 Å². The molecule has 4 rings (SSSR count). The van der Waals surface area contributed by atoms with Gasteiger partial charge in [-0.3, -0.25) is 4.90 Å². The van der Waals surface area contributed by atoms with Crippen molar-refractivity contribution in [3.63, 3.8) is 0 Å². The van der Waals surface area contributed by atoms with Crippen LogP contribution in [-0.4, -0.2) is 64.8 Å². The molecule has 0 saturated carbocycles. The lowest BCUT2D eigenvalue weighted by Crippen LogP contribution is -2.39. The first-order valence-corrected chi connectivity index (χ1v) is 14.4. The Bertz CT molecular complexity index is 1240. The maximum absolute atomic E-state index is 13.4. The number of nitrogens with zero attached hydrogens (tertiary/aromatic N) is 2. The SMILES string of the molecule is CSc1ccc(C(N)=NS(=O)(=O)c2cccc(-c3ccccc3)c2NCCN2CCOCC2)s1. The molecule has 3 N–H and O–H groups in total. The predicted molar refractivity (Wildman–Crippen MR) is 142 cm³/mol. The van der Waals surface area contributed by atoms with Gasteiger partial charge in [-0.25, -0.2) is 0 Å². The Kier molecular flexibility index (Phi) is 8.28. The number of benzene rings is 2. The number of thioether (sulfide) groups is 1. The summed E-state index contributed by atoms with van der Waals surface area (Å²) in [6.07, 6.45) is 1.96. The smallest absolute Gasteiger partial charge is 0.286 e. The lowest BCUT2D eigenvalue weighted by molar-refractivity contribution is 0.0398. The molecule has 0 atom stereocenters. The molecule has 2 aromatic carbocycles. The first-order valence-electron chi connectivity index (χ1n) is 10.9. The monoisotopic (exact) mass is 516 g/mol. The second kappa shape index (κ2) is 11.4. The van der Waals surface area contributed by atoms with Gasteiger partial charge in [0.25, 0.3) is 10.0 Å². The van der Waals surface area contributed by atoms with Crippen molar-refractivity contribution >= 4 is 44.6 Å². The summed E-state index contributed by atoms with van der Waals surface area (Å²) in [6, 6.07) is 18.7. The summed E-state index contributed by atoms with van der Waals surface area (Å²) in [5.41, 5.74) is 8.38. The quantitative estimate of drug-likeness (QED) is 0.252. The molecule has 34 heavy (non-hydrogen) atoms. The van der Waals surface area contributed by atoms with Crippen molar-refractivity contribution in [1.82, 2.24) is 4.90 Å². The van der Waals surface area contributed by atoms with Crippen LogP contribution in [0, 0.1) is 0 Å². The van der Waals surface area contributed by atoms with Gasteiger partial charge in [-0.15, -0.1) is 27.5 Å². The minimum atomic E-state index is -4.05. The Hall–Kier alpha value is -2.37. The largest absolute Gasteiger partial charge is 0.382 e. The Morgan fingerprint density at radius 2 is 1.88 bits per heavy atom. The van der Waals surface area contributed by atoms with E-state index >= 15 is 0 Å². The van der Waals surface area contributed by atoms with Gasteiger partial charge in [-0.05, 0) is 30.0 Å². The number of nitrogens with two attached hydrogens (primary N) is 1. The van der Waals surface area contributed by atoms with Gasteiger partial charge in [0.1, 0.15) is 4.90 Å². The van der Waals surface area contributed by atoms with Crippen molar-refractivity contribution < 1.29 is 13.2 Å². The van der Waals surface area contributed by atoms with Gasteiger partial charge in [0.05, 0.1) is 28.0 Å². The van der Waals surface area contributed by atoms with E-state index in [0.29, 0.717) is 17.1 Å². The van der Waals surface area contributed by atoms with E-state index in [-0.39, 0.29) is 10.7 Å². The van der Waals surface area contributed by atoms with Crippen LogP contribution in [0.1, 0.15) is 4.88 Å². The van der Waals surface area contributed by atoms with Gasteiger partial charge in [0.2, 0.25) is 0 Å². The molecule has 1 saturated heterocycles. The van der Waals surface area contributed by atoms with Crippen LogP contribution in [0.5, 0.6) is 0 Å². The van der Waals surface area contributed by atoms with Crippen molar-refractivity contribution in [2.24, 2.45) is 10.1 Å². The van der Waals surface area contributed by atoms with Crippen LogP contribution >= 0.6 is 23.1 Å². The summed E-state index contributed by atoms with van der Waals surface area (Å²) >= 11 is 3.00. The molecular formula is C24H28N4O3S3. The number of para-hydroxylation sites is 1. The number of nitrogens with one attached hydrogen (secondary N) is 1.